The van der Waals surface area contributed by atoms with Crippen LogP contribution in [0.15, 0.2) is 82.7 Å². The molecule has 158 valence electrons. The largest absolute Gasteiger partial charge is 0.379 e. The molecule has 0 aliphatic rings. The first-order valence-electron chi connectivity index (χ1n) is 9.79. The summed E-state index contributed by atoms with van der Waals surface area (Å²) in [6.07, 6.45) is 2.19. The van der Waals surface area contributed by atoms with Gasteiger partial charge in [0.05, 0.1) is 16.1 Å². The summed E-state index contributed by atoms with van der Waals surface area (Å²) in [5.74, 6) is -0.322. The van der Waals surface area contributed by atoms with Crippen LogP contribution in [0.4, 0.5) is 10.1 Å². The number of hydrogen-bond donors (Lipinski definition) is 1. The van der Waals surface area contributed by atoms with Crippen LogP contribution in [0.25, 0.3) is 10.9 Å². The number of nitrogens with zero attached hydrogens (tertiary/aromatic N) is 1. The van der Waals surface area contributed by atoms with E-state index in [1.54, 1.807) is 24.3 Å². The molecule has 0 fully saturated rings. The fourth-order valence-electron chi connectivity index (χ4n) is 3.36. The third-order valence-electron chi connectivity index (χ3n) is 5.10. The second-order valence-electron chi connectivity index (χ2n) is 7.14. The summed E-state index contributed by atoms with van der Waals surface area (Å²) in [7, 11) is -3.85. The summed E-state index contributed by atoms with van der Waals surface area (Å²) >= 11 is 5.93. The summed E-state index contributed by atoms with van der Waals surface area (Å²) in [6, 6.07) is 18.0. The van der Waals surface area contributed by atoms with Crippen LogP contribution in [-0.2, 0) is 22.8 Å². The minimum Gasteiger partial charge on any atom is -0.379 e. The Morgan fingerprint density at radius 1 is 0.968 bits per heavy atom. The van der Waals surface area contributed by atoms with Gasteiger partial charge in [-0.2, -0.15) is 0 Å². The van der Waals surface area contributed by atoms with E-state index in [0.29, 0.717) is 22.8 Å². The van der Waals surface area contributed by atoms with E-state index in [1.165, 1.54) is 30.5 Å². The van der Waals surface area contributed by atoms with E-state index in [4.69, 9.17) is 11.6 Å². The predicted molar refractivity (Wildman–Crippen MR) is 122 cm³/mol. The van der Waals surface area contributed by atoms with E-state index < -0.39 is 9.84 Å². The molecule has 4 rings (SSSR count). The number of halogens is 2. The van der Waals surface area contributed by atoms with Gasteiger partial charge in [0.2, 0.25) is 9.84 Å². The van der Waals surface area contributed by atoms with Gasteiger partial charge in [-0.15, -0.1) is 0 Å². The van der Waals surface area contributed by atoms with Crippen LogP contribution >= 0.6 is 11.6 Å². The van der Waals surface area contributed by atoms with Crippen molar-refractivity contribution in [2.75, 3.05) is 5.32 Å². The van der Waals surface area contributed by atoms with Crippen molar-refractivity contribution < 1.29 is 12.8 Å². The van der Waals surface area contributed by atoms with Crippen molar-refractivity contribution in [2.24, 2.45) is 0 Å². The second kappa shape index (κ2) is 8.65. The van der Waals surface area contributed by atoms with Gasteiger partial charge in [0.1, 0.15) is 10.7 Å². The lowest BCUT2D eigenvalue weighted by atomic mass is 10.1. The molecule has 0 bridgehead atoms. The molecular weight excluding hydrogens is 435 g/mol. The van der Waals surface area contributed by atoms with Crippen LogP contribution in [0.2, 0.25) is 5.02 Å². The van der Waals surface area contributed by atoms with E-state index >= 15 is 0 Å². The van der Waals surface area contributed by atoms with Crippen molar-refractivity contribution in [2.45, 2.75) is 29.7 Å². The molecule has 0 atom stereocenters. The number of fused-ring (bicyclic) bond motifs is 1. The molecule has 7 heteroatoms. The Bertz CT molecular complexity index is 1340. The fourth-order valence-corrected chi connectivity index (χ4v) is 4.88. The molecule has 0 saturated carbocycles. The number of sulfone groups is 1. The summed E-state index contributed by atoms with van der Waals surface area (Å²) < 4.78 is 40.2. The van der Waals surface area contributed by atoms with Crippen LogP contribution in [0.5, 0.6) is 0 Å². The van der Waals surface area contributed by atoms with Crippen molar-refractivity contribution in [1.29, 1.82) is 0 Å². The van der Waals surface area contributed by atoms with Gasteiger partial charge < -0.3 is 5.32 Å². The summed E-state index contributed by atoms with van der Waals surface area (Å²) in [6.45, 7) is 2.37. The standard InChI is InChI=1S/C24H20ClFN2O2S/c1-2-16-5-12-22-21(13-16)24(28-14-17-3-8-19(26)9-4-17)23(15-27-22)31(29,30)20-10-6-18(25)7-11-20/h3-13,15H,2,14H2,1H3,(H,27,28). The van der Waals surface area contributed by atoms with E-state index in [-0.39, 0.29) is 15.6 Å². The average Bonchev–Trinajstić information content (AvgIpc) is 2.78. The molecular formula is C24H20ClFN2O2S. The lowest BCUT2D eigenvalue weighted by molar-refractivity contribution is 0.596. The number of benzene rings is 3. The molecule has 0 aliphatic carbocycles. The first-order valence-corrected chi connectivity index (χ1v) is 11.6. The number of aromatic nitrogens is 1. The van der Waals surface area contributed by atoms with E-state index in [0.717, 1.165) is 22.9 Å². The number of aryl methyl sites for hydroxylation is 1. The highest BCUT2D eigenvalue weighted by atomic mass is 35.5. The van der Waals surface area contributed by atoms with Crippen molar-refractivity contribution in [1.82, 2.24) is 4.98 Å². The van der Waals surface area contributed by atoms with Crippen LogP contribution in [0, 0.1) is 5.82 Å². The number of hydrogen-bond acceptors (Lipinski definition) is 4. The molecule has 31 heavy (non-hydrogen) atoms. The molecule has 0 spiro atoms. The number of nitrogens with one attached hydrogen (secondary N) is 1. The quantitative estimate of drug-likeness (QED) is 0.386. The Morgan fingerprint density at radius 3 is 2.32 bits per heavy atom. The Balaban J connectivity index is 1.86. The smallest absolute Gasteiger partial charge is 0.210 e. The molecule has 0 saturated heterocycles. The number of rotatable bonds is 6. The monoisotopic (exact) mass is 454 g/mol. The predicted octanol–water partition coefficient (Wildman–Crippen LogP) is 6.03. The van der Waals surface area contributed by atoms with Crippen molar-refractivity contribution in [3.8, 4) is 0 Å². The molecule has 1 aromatic heterocycles. The van der Waals surface area contributed by atoms with Gasteiger partial charge in [-0.1, -0.05) is 36.7 Å². The summed E-state index contributed by atoms with van der Waals surface area (Å²) in [5.41, 5.74) is 3.06. The highest BCUT2D eigenvalue weighted by Crippen LogP contribution is 2.34. The molecule has 0 radical (unpaired) electrons. The maximum Gasteiger partial charge on any atom is 0.210 e. The zero-order chi connectivity index (χ0) is 22.0. The van der Waals surface area contributed by atoms with Crippen molar-refractivity contribution in [3.05, 3.63) is 94.9 Å². The lowest BCUT2D eigenvalue weighted by Crippen LogP contribution is -2.10. The van der Waals surface area contributed by atoms with Crippen molar-refractivity contribution >= 4 is 38.0 Å². The van der Waals surface area contributed by atoms with Crippen LogP contribution in [-0.4, -0.2) is 13.4 Å². The Hall–Kier alpha value is -2.96. The zero-order valence-corrected chi connectivity index (χ0v) is 18.3. The molecule has 0 unspecified atom stereocenters. The third kappa shape index (κ3) is 4.40. The first-order chi connectivity index (χ1) is 14.9. The first kappa shape index (κ1) is 21.3. The van der Waals surface area contributed by atoms with E-state index in [9.17, 15) is 12.8 Å². The number of anilines is 1. The zero-order valence-electron chi connectivity index (χ0n) is 16.8. The molecule has 4 aromatic rings. The normalized spacial score (nSPS) is 11.6. The topological polar surface area (TPSA) is 59.1 Å². The molecule has 1 N–H and O–H groups in total. The fraction of sp³-hybridized carbons (Fsp3) is 0.125. The summed E-state index contributed by atoms with van der Waals surface area (Å²) in [5, 5.41) is 4.44. The Kier molecular flexibility index (Phi) is 5.94. The van der Waals surface area contributed by atoms with Gasteiger partial charge in [-0.3, -0.25) is 4.98 Å². The Labute approximate surface area is 185 Å². The van der Waals surface area contributed by atoms with Crippen LogP contribution in [0.3, 0.4) is 0 Å². The minimum atomic E-state index is -3.85. The molecule has 3 aromatic carbocycles. The van der Waals surface area contributed by atoms with Gasteiger partial charge in [-0.05, 0) is 66.1 Å². The van der Waals surface area contributed by atoms with Gasteiger partial charge in [-0.25, -0.2) is 12.8 Å². The molecule has 1 heterocycles. The number of pyridine rings is 1. The Morgan fingerprint density at radius 2 is 1.65 bits per heavy atom. The van der Waals surface area contributed by atoms with Gasteiger partial charge >= 0.3 is 0 Å². The van der Waals surface area contributed by atoms with Gasteiger partial charge in [0.15, 0.2) is 0 Å². The molecule has 0 amide bonds. The van der Waals surface area contributed by atoms with E-state index in [1.807, 2.05) is 25.1 Å². The third-order valence-corrected chi connectivity index (χ3v) is 7.14. The highest BCUT2D eigenvalue weighted by molar-refractivity contribution is 7.91. The minimum absolute atomic E-state index is 0.0812. The maximum atomic E-state index is 13.4. The van der Waals surface area contributed by atoms with Gasteiger partial charge in [0.25, 0.3) is 0 Å². The molecule has 0 aliphatic heterocycles. The molecule has 4 nitrogen and oxygen atoms in total. The highest BCUT2D eigenvalue weighted by Gasteiger charge is 2.24. The van der Waals surface area contributed by atoms with Crippen LogP contribution in [0.1, 0.15) is 18.1 Å². The SMILES string of the molecule is CCc1ccc2ncc(S(=O)(=O)c3ccc(Cl)cc3)c(NCc3ccc(F)cc3)c2c1. The van der Waals surface area contributed by atoms with E-state index in [2.05, 4.69) is 10.3 Å². The van der Waals surface area contributed by atoms with Crippen molar-refractivity contribution in [3.63, 3.8) is 0 Å². The van der Waals surface area contributed by atoms with Crippen LogP contribution < -0.4 is 5.32 Å². The maximum absolute atomic E-state index is 13.4. The summed E-state index contributed by atoms with van der Waals surface area (Å²) in [4.78, 5) is 4.61. The lowest BCUT2D eigenvalue weighted by Gasteiger charge is -2.16. The second-order valence-corrected chi connectivity index (χ2v) is 9.49. The van der Waals surface area contributed by atoms with Gasteiger partial charge in [0, 0.05) is 23.2 Å². The average molecular weight is 455 g/mol.